The monoisotopic (exact) mass is 436 g/mol. The van der Waals surface area contributed by atoms with E-state index in [9.17, 15) is 14.8 Å². The molecule has 1 aromatic heterocycles. The lowest BCUT2D eigenvalue weighted by Gasteiger charge is -2.12. The van der Waals surface area contributed by atoms with Crippen molar-refractivity contribution >= 4 is 46.2 Å². The van der Waals surface area contributed by atoms with Crippen LogP contribution in [0.5, 0.6) is 5.75 Å². The number of rotatable bonds is 5. The van der Waals surface area contributed by atoms with Crippen LogP contribution in [0.2, 0.25) is 10.0 Å². The van der Waals surface area contributed by atoms with Gasteiger partial charge in [-0.2, -0.15) is 4.73 Å². The topological polar surface area (TPSA) is 102 Å². The second kappa shape index (κ2) is 8.50. The Morgan fingerprint density at radius 3 is 2.48 bits per heavy atom. The van der Waals surface area contributed by atoms with E-state index in [-0.39, 0.29) is 32.3 Å². The van der Waals surface area contributed by atoms with Crippen LogP contribution >= 0.6 is 23.2 Å². The molecule has 10 heteroatoms. The van der Waals surface area contributed by atoms with Crippen LogP contribution in [-0.4, -0.2) is 31.1 Å². The lowest BCUT2D eigenvalue weighted by Crippen LogP contribution is -2.38. The van der Waals surface area contributed by atoms with Gasteiger partial charge in [0.05, 0.1) is 24.3 Å². The largest absolute Gasteiger partial charge is 0.618 e. The zero-order valence-corrected chi connectivity index (χ0v) is 16.8. The van der Waals surface area contributed by atoms with Gasteiger partial charge < -0.3 is 19.4 Å². The van der Waals surface area contributed by atoms with E-state index in [2.05, 4.69) is 9.72 Å². The number of carbonyl (C=O) groups is 2. The summed E-state index contributed by atoms with van der Waals surface area (Å²) < 4.78 is 15.4. The van der Waals surface area contributed by atoms with Crippen LogP contribution in [0.25, 0.3) is 11.0 Å². The first-order valence-corrected chi connectivity index (χ1v) is 8.92. The number of methoxy groups -OCH3 is 2. The first kappa shape index (κ1) is 20.6. The summed E-state index contributed by atoms with van der Waals surface area (Å²) in [7, 11) is 2.54. The molecule has 0 saturated heterocycles. The average Bonchev–Trinajstić information content (AvgIpc) is 2.73. The van der Waals surface area contributed by atoms with E-state index in [1.807, 2.05) is 0 Å². The quantitative estimate of drug-likeness (QED) is 0.343. The summed E-state index contributed by atoms with van der Waals surface area (Å²) in [4.78, 5) is 28.8. The van der Waals surface area contributed by atoms with Crippen LogP contribution in [0.1, 0.15) is 26.5 Å². The SMILES string of the molecule is COC(=O)c1c(COC(=O)c2ccccc2OC)nc2cc(Cl)c(Cl)cc2[n+]1[O-]. The Bertz CT molecular complexity index is 1120. The highest BCUT2D eigenvalue weighted by Gasteiger charge is 2.29. The van der Waals surface area contributed by atoms with E-state index in [0.29, 0.717) is 10.5 Å². The molecule has 0 amide bonds. The van der Waals surface area contributed by atoms with Gasteiger partial charge in [-0.1, -0.05) is 35.3 Å². The molecule has 0 N–H and O–H groups in total. The molecule has 3 rings (SSSR count). The molecule has 0 aliphatic heterocycles. The number of nitrogens with zero attached hydrogens (tertiary/aromatic N) is 2. The maximum atomic E-state index is 12.7. The van der Waals surface area contributed by atoms with E-state index in [1.54, 1.807) is 18.2 Å². The predicted octanol–water partition coefficient (Wildman–Crippen LogP) is 3.33. The van der Waals surface area contributed by atoms with Gasteiger partial charge in [0.25, 0.3) is 0 Å². The van der Waals surface area contributed by atoms with E-state index in [4.69, 9.17) is 32.7 Å². The minimum absolute atomic E-state index is 0.0135. The maximum absolute atomic E-state index is 12.7. The number of aromatic nitrogens is 2. The number of carbonyl (C=O) groups excluding carboxylic acids is 2. The highest BCUT2D eigenvalue weighted by molar-refractivity contribution is 6.42. The van der Waals surface area contributed by atoms with E-state index in [0.717, 1.165) is 7.11 Å². The number of para-hydroxylation sites is 1. The van der Waals surface area contributed by atoms with E-state index >= 15 is 0 Å². The Hall–Kier alpha value is -3.10. The first-order valence-electron chi connectivity index (χ1n) is 8.17. The highest BCUT2D eigenvalue weighted by Crippen LogP contribution is 2.26. The van der Waals surface area contributed by atoms with Crippen molar-refractivity contribution in [1.82, 2.24) is 4.98 Å². The Labute approximate surface area is 175 Å². The van der Waals surface area contributed by atoms with Crippen molar-refractivity contribution in [3.8, 4) is 5.75 Å². The van der Waals surface area contributed by atoms with Crippen LogP contribution in [-0.2, 0) is 16.1 Å². The first-order chi connectivity index (χ1) is 13.9. The fourth-order valence-corrected chi connectivity index (χ4v) is 2.95. The van der Waals surface area contributed by atoms with Crippen LogP contribution in [0.3, 0.4) is 0 Å². The fraction of sp³-hybridized carbons (Fsp3) is 0.158. The van der Waals surface area contributed by atoms with Crippen molar-refractivity contribution in [3.63, 3.8) is 0 Å². The van der Waals surface area contributed by atoms with Crippen molar-refractivity contribution in [2.45, 2.75) is 6.61 Å². The van der Waals surface area contributed by atoms with Gasteiger partial charge >= 0.3 is 17.6 Å². The van der Waals surface area contributed by atoms with Crippen LogP contribution < -0.4 is 9.47 Å². The second-order valence-electron chi connectivity index (χ2n) is 5.72. The lowest BCUT2D eigenvalue weighted by molar-refractivity contribution is -0.581. The summed E-state index contributed by atoms with van der Waals surface area (Å²) in [6, 6.07) is 9.13. The van der Waals surface area contributed by atoms with Crippen molar-refractivity contribution in [2.24, 2.45) is 0 Å². The minimum atomic E-state index is -0.941. The molecule has 2 aromatic carbocycles. The smallest absolute Gasteiger partial charge is 0.406 e. The van der Waals surface area contributed by atoms with Crippen LogP contribution in [0.15, 0.2) is 36.4 Å². The number of hydrogen-bond donors (Lipinski definition) is 0. The van der Waals surface area contributed by atoms with Crippen molar-refractivity contribution in [2.75, 3.05) is 14.2 Å². The molecular weight excluding hydrogens is 423 g/mol. The van der Waals surface area contributed by atoms with Crippen molar-refractivity contribution in [1.29, 1.82) is 0 Å². The number of esters is 2. The van der Waals surface area contributed by atoms with Gasteiger partial charge in [-0.05, 0) is 18.2 Å². The van der Waals surface area contributed by atoms with Crippen molar-refractivity contribution in [3.05, 3.63) is 68.6 Å². The van der Waals surface area contributed by atoms with E-state index < -0.39 is 24.2 Å². The minimum Gasteiger partial charge on any atom is -0.618 e. The predicted molar refractivity (Wildman–Crippen MR) is 104 cm³/mol. The summed E-state index contributed by atoms with van der Waals surface area (Å²) in [5, 5.41) is 13.0. The average molecular weight is 437 g/mol. The molecule has 1 heterocycles. The summed E-state index contributed by atoms with van der Waals surface area (Å²) in [6.07, 6.45) is 0. The summed E-state index contributed by atoms with van der Waals surface area (Å²) in [5.74, 6) is -1.34. The summed E-state index contributed by atoms with van der Waals surface area (Å²) in [6.45, 7) is -0.459. The molecule has 0 aliphatic rings. The Morgan fingerprint density at radius 2 is 1.79 bits per heavy atom. The van der Waals surface area contributed by atoms with Crippen LogP contribution in [0, 0.1) is 5.21 Å². The second-order valence-corrected chi connectivity index (χ2v) is 6.54. The van der Waals surface area contributed by atoms with Crippen LogP contribution in [0.4, 0.5) is 0 Å². The zero-order chi connectivity index (χ0) is 21.1. The van der Waals surface area contributed by atoms with Gasteiger partial charge in [-0.3, -0.25) is 0 Å². The molecule has 29 heavy (non-hydrogen) atoms. The number of benzene rings is 2. The number of fused-ring (bicyclic) bond motifs is 1. The third-order valence-electron chi connectivity index (χ3n) is 4.01. The number of ether oxygens (including phenoxy) is 3. The molecule has 0 aliphatic carbocycles. The molecule has 3 aromatic rings. The molecule has 0 fully saturated rings. The summed E-state index contributed by atoms with van der Waals surface area (Å²) in [5.41, 5.74) is -0.155. The molecule has 150 valence electrons. The standard InChI is InChI=1S/C19H14Cl2N2O6/c1-27-16-6-4-3-5-10(16)18(24)29-9-14-17(19(25)28-2)23(26)15-8-12(21)11(20)7-13(15)22-14/h3-8H,9H2,1-2H3. The third kappa shape index (κ3) is 4.03. The van der Waals surface area contributed by atoms with Gasteiger partial charge in [0.15, 0.2) is 5.69 Å². The van der Waals surface area contributed by atoms with Gasteiger partial charge in [0, 0.05) is 6.07 Å². The molecule has 8 nitrogen and oxygen atoms in total. The Balaban J connectivity index is 2.02. The molecule has 0 atom stereocenters. The maximum Gasteiger partial charge on any atom is 0.406 e. The molecule has 0 unspecified atom stereocenters. The van der Waals surface area contributed by atoms with Gasteiger partial charge in [0.2, 0.25) is 5.52 Å². The Kier molecular flexibility index (Phi) is 6.05. The molecule has 0 radical (unpaired) electrons. The van der Waals surface area contributed by atoms with E-state index in [1.165, 1.54) is 25.3 Å². The third-order valence-corrected chi connectivity index (χ3v) is 4.74. The number of hydrogen-bond acceptors (Lipinski definition) is 7. The fourth-order valence-electron chi connectivity index (χ4n) is 2.64. The molecule has 0 spiro atoms. The van der Waals surface area contributed by atoms with Gasteiger partial charge in [0.1, 0.15) is 23.4 Å². The van der Waals surface area contributed by atoms with Crippen molar-refractivity contribution < 1.29 is 28.5 Å². The molecular formula is C19H14Cl2N2O6. The number of halogens is 2. The Morgan fingerprint density at radius 1 is 1.10 bits per heavy atom. The van der Waals surface area contributed by atoms with Gasteiger partial charge in [-0.15, -0.1) is 0 Å². The molecule has 0 saturated carbocycles. The zero-order valence-electron chi connectivity index (χ0n) is 15.3. The molecule has 0 bridgehead atoms. The highest BCUT2D eigenvalue weighted by atomic mass is 35.5. The lowest BCUT2D eigenvalue weighted by atomic mass is 10.2. The normalized spacial score (nSPS) is 10.6. The summed E-state index contributed by atoms with van der Waals surface area (Å²) >= 11 is 11.9. The van der Waals surface area contributed by atoms with Gasteiger partial charge in [-0.25, -0.2) is 14.6 Å².